The third kappa shape index (κ3) is 4.23. The van der Waals surface area contributed by atoms with Crippen LogP contribution in [0.5, 0.6) is 0 Å². The first-order chi connectivity index (χ1) is 5.26. The quantitative estimate of drug-likeness (QED) is 0.468. The molecule has 0 rings (SSSR count). The molecule has 0 amide bonds. The molecule has 0 spiro atoms. The average molecular weight is 179 g/mol. The van der Waals surface area contributed by atoms with Crippen molar-refractivity contribution >= 4 is 17.7 Å². The lowest BCUT2D eigenvalue weighted by atomic mass is 10.2. The number of hydrogen-bond donors (Lipinski definition) is 2. The van der Waals surface area contributed by atoms with Crippen molar-refractivity contribution in [3.05, 3.63) is 0 Å². The second-order valence-corrected chi connectivity index (χ2v) is 2.97. The van der Waals surface area contributed by atoms with Gasteiger partial charge in [0.1, 0.15) is 6.04 Å². The number of hydroxylamine groups is 1. The van der Waals surface area contributed by atoms with Gasteiger partial charge in [-0.2, -0.15) is 17.2 Å². The highest BCUT2D eigenvalue weighted by molar-refractivity contribution is 7.98. The van der Waals surface area contributed by atoms with E-state index in [1.807, 2.05) is 11.7 Å². The maximum absolute atomic E-state index is 10.8. The fraction of sp³-hybridized carbons (Fsp3) is 0.833. The minimum absolute atomic E-state index is 0.429. The van der Waals surface area contributed by atoms with E-state index in [0.717, 1.165) is 5.75 Å². The van der Waals surface area contributed by atoms with Gasteiger partial charge in [0.15, 0.2) is 0 Å². The number of esters is 1. The Morgan fingerprint density at radius 1 is 1.82 bits per heavy atom. The maximum atomic E-state index is 10.8. The summed E-state index contributed by atoms with van der Waals surface area (Å²) in [6.07, 6.45) is 2.51. The number of rotatable bonds is 5. The van der Waals surface area contributed by atoms with Gasteiger partial charge in [-0.1, -0.05) is 0 Å². The van der Waals surface area contributed by atoms with Crippen molar-refractivity contribution in [2.45, 2.75) is 12.5 Å². The predicted molar refractivity (Wildman–Crippen MR) is 43.7 cm³/mol. The maximum Gasteiger partial charge on any atom is 0.325 e. The summed E-state index contributed by atoms with van der Waals surface area (Å²) in [5.74, 6) is 0.384. The summed E-state index contributed by atoms with van der Waals surface area (Å²) < 4.78 is 4.43. The molecule has 0 radical (unpaired) electrons. The van der Waals surface area contributed by atoms with Gasteiger partial charge in [0, 0.05) is 0 Å². The fourth-order valence-corrected chi connectivity index (χ4v) is 1.08. The van der Waals surface area contributed by atoms with Gasteiger partial charge in [-0.05, 0) is 18.4 Å². The van der Waals surface area contributed by atoms with E-state index >= 15 is 0 Å². The van der Waals surface area contributed by atoms with Gasteiger partial charge in [-0.25, -0.2) is 0 Å². The Morgan fingerprint density at radius 2 is 2.45 bits per heavy atom. The van der Waals surface area contributed by atoms with Gasteiger partial charge in [0.2, 0.25) is 0 Å². The Kier molecular flexibility index (Phi) is 6.30. The number of nitrogens with one attached hydrogen (secondary N) is 1. The van der Waals surface area contributed by atoms with E-state index in [9.17, 15) is 4.79 Å². The number of ether oxygens (including phenoxy) is 1. The summed E-state index contributed by atoms with van der Waals surface area (Å²) >= 11 is 1.61. The smallest absolute Gasteiger partial charge is 0.325 e. The minimum atomic E-state index is -0.590. The van der Waals surface area contributed by atoms with E-state index in [2.05, 4.69) is 4.74 Å². The number of carbonyl (C=O) groups is 1. The summed E-state index contributed by atoms with van der Waals surface area (Å²) in [6, 6.07) is -0.590. The molecule has 0 aliphatic rings. The summed E-state index contributed by atoms with van der Waals surface area (Å²) in [5, 5.41) is 8.49. The van der Waals surface area contributed by atoms with E-state index in [-0.39, 0.29) is 0 Å². The monoisotopic (exact) mass is 179 g/mol. The molecule has 5 heteroatoms. The van der Waals surface area contributed by atoms with Crippen molar-refractivity contribution in [3.8, 4) is 0 Å². The lowest BCUT2D eigenvalue weighted by Gasteiger charge is -2.10. The van der Waals surface area contributed by atoms with Crippen LogP contribution in [0.2, 0.25) is 0 Å². The zero-order valence-electron chi connectivity index (χ0n) is 6.66. The summed E-state index contributed by atoms with van der Waals surface area (Å²) in [4.78, 5) is 10.8. The van der Waals surface area contributed by atoms with Gasteiger partial charge in [-0.15, -0.1) is 0 Å². The second kappa shape index (κ2) is 6.45. The third-order valence-electron chi connectivity index (χ3n) is 1.25. The van der Waals surface area contributed by atoms with Crippen LogP contribution in [0.25, 0.3) is 0 Å². The SMILES string of the molecule is COC(=O)[C@H](CCSC)NO. The molecule has 0 bridgehead atoms. The van der Waals surface area contributed by atoms with Crippen molar-refractivity contribution in [2.75, 3.05) is 19.1 Å². The Labute approximate surface area is 70.3 Å². The van der Waals surface area contributed by atoms with Crippen LogP contribution in [0, 0.1) is 0 Å². The van der Waals surface area contributed by atoms with E-state index < -0.39 is 12.0 Å². The Bertz CT molecular complexity index is 120. The zero-order valence-corrected chi connectivity index (χ0v) is 7.48. The molecule has 0 fully saturated rings. The molecule has 0 heterocycles. The minimum Gasteiger partial charge on any atom is -0.468 e. The highest BCUT2D eigenvalue weighted by atomic mass is 32.2. The first-order valence-electron chi connectivity index (χ1n) is 3.22. The van der Waals surface area contributed by atoms with Crippen molar-refractivity contribution < 1.29 is 14.7 Å². The Hall–Kier alpha value is -0.260. The molecule has 0 aromatic rings. The van der Waals surface area contributed by atoms with E-state index in [1.165, 1.54) is 7.11 Å². The molecule has 1 atom stereocenters. The van der Waals surface area contributed by atoms with E-state index in [4.69, 9.17) is 5.21 Å². The lowest BCUT2D eigenvalue weighted by Crippen LogP contribution is -2.35. The number of thioether (sulfide) groups is 1. The van der Waals surface area contributed by atoms with Crippen LogP contribution >= 0.6 is 11.8 Å². The molecule has 0 aromatic carbocycles. The van der Waals surface area contributed by atoms with Gasteiger partial charge in [-0.3, -0.25) is 4.79 Å². The zero-order chi connectivity index (χ0) is 8.69. The highest BCUT2D eigenvalue weighted by Crippen LogP contribution is 2.01. The predicted octanol–water partition coefficient (Wildman–Crippen LogP) is 0.260. The van der Waals surface area contributed by atoms with Gasteiger partial charge < -0.3 is 9.94 Å². The van der Waals surface area contributed by atoms with Crippen molar-refractivity contribution in [3.63, 3.8) is 0 Å². The molecule has 0 saturated heterocycles. The topological polar surface area (TPSA) is 58.6 Å². The van der Waals surface area contributed by atoms with Gasteiger partial charge >= 0.3 is 5.97 Å². The molecule has 0 aliphatic carbocycles. The largest absolute Gasteiger partial charge is 0.468 e. The van der Waals surface area contributed by atoms with Crippen LogP contribution in [0.3, 0.4) is 0 Å². The average Bonchev–Trinajstić information content (AvgIpc) is 2.05. The van der Waals surface area contributed by atoms with Crippen LogP contribution in [0.15, 0.2) is 0 Å². The Morgan fingerprint density at radius 3 is 2.82 bits per heavy atom. The first kappa shape index (κ1) is 10.7. The van der Waals surface area contributed by atoms with Gasteiger partial charge in [0.25, 0.3) is 0 Å². The molecule has 0 unspecified atom stereocenters. The van der Waals surface area contributed by atoms with E-state index in [1.54, 1.807) is 11.8 Å². The molecule has 0 aromatic heterocycles. The summed E-state index contributed by atoms with van der Waals surface area (Å²) in [6.45, 7) is 0. The summed E-state index contributed by atoms with van der Waals surface area (Å²) in [7, 11) is 1.30. The van der Waals surface area contributed by atoms with Crippen LogP contribution in [-0.2, 0) is 9.53 Å². The molecule has 0 saturated carbocycles. The second-order valence-electron chi connectivity index (χ2n) is 1.99. The van der Waals surface area contributed by atoms with Crippen LogP contribution in [0.1, 0.15) is 6.42 Å². The fourth-order valence-electron chi connectivity index (χ4n) is 0.613. The third-order valence-corrected chi connectivity index (χ3v) is 1.90. The number of methoxy groups -OCH3 is 1. The molecular formula is C6H13NO3S. The normalized spacial score (nSPS) is 12.6. The van der Waals surface area contributed by atoms with Crippen molar-refractivity contribution in [1.29, 1.82) is 0 Å². The molecule has 66 valence electrons. The van der Waals surface area contributed by atoms with Crippen LogP contribution in [-0.4, -0.2) is 36.3 Å². The standard InChI is InChI=1S/C6H13NO3S/c1-10-6(8)5(7-9)3-4-11-2/h5,7,9H,3-4H2,1-2H3/t5-/m0/s1. The number of carbonyl (C=O) groups excluding carboxylic acids is 1. The molecule has 11 heavy (non-hydrogen) atoms. The van der Waals surface area contributed by atoms with Gasteiger partial charge in [0.05, 0.1) is 7.11 Å². The lowest BCUT2D eigenvalue weighted by molar-refractivity contribution is -0.146. The summed E-state index contributed by atoms with van der Waals surface area (Å²) in [5.41, 5.74) is 1.90. The number of hydrogen-bond acceptors (Lipinski definition) is 5. The molecular weight excluding hydrogens is 166 g/mol. The van der Waals surface area contributed by atoms with Crippen molar-refractivity contribution in [2.24, 2.45) is 0 Å². The highest BCUT2D eigenvalue weighted by Gasteiger charge is 2.16. The molecule has 2 N–H and O–H groups in total. The van der Waals surface area contributed by atoms with Crippen LogP contribution < -0.4 is 5.48 Å². The van der Waals surface area contributed by atoms with Crippen LogP contribution in [0.4, 0.5) is 0 Å². The van der Waals surface area contributed by atoms with Crippen molar-refractivity contribution in [1.82, 2.24) is 5.48 Å². The Balaban J connectivity index is 3.65. The molecule has 0 aliphatic heterocycles. The van der Waals surface area contributed by atoms with E-state index in [0.29, 0.717) is 6.42 Å². The molecule has 4 nitrogen and oxygen atoms in total. The first-order valence-corrected chi connectivity index (χ1v) is 4.62.